The normalized spacial score (nSPS) is 15.2. The van der Waals surface area contributed by atoms with Gasteiger partial charge in [0, 0.05) is 10.5 Å². The fourth-order valence-corrected chi connectivity index (χ4v) is 2.91. The minimum atomic E-state index is -4.33. The van der Waals surface area contributed by atoms with Gasteiger partial charge in [0.1, 0.15) is 0 Å². The van der Waals surface area contributed by atoms with E-state index in [9.17, 15) is 13.2 Å². The molecule has 5 heteroatoms. The number of benzene rings is 1. The van der Waals surface area contributed by atoms with E-state index < -0.39 is 11.7 Å². The summed E-state index contributed by atoms with van der Waals surface area (Å²) in [7, 11) is 0. The molecule has 0 fully saturated rings. The van der Waals surface area contributed by atoms with Gasteiger partial charge < -0.3 is 5.32 Å². The lowest BCUT2D eigenvalue weighted by molar-refractivity contribution is -0.138. The zero-order chi connectivity index (χ0) is 15.3. The maximum Gasteiger partial charge on any atom is 0.417 e. The van der Waals surface area contributed by atoms with Crippen LogP contribution >= 0.6 is 15.9 Å². The largest absolute Gasteiger partial charge is 0.417 e. The van der Waals surface area contributed by atoms with Gasteiger partial charge in [-0.3, -0.25) is 0 Å². The van der Waals surface area contributed by atoms with Crippen LogP contribution < -0.4 is 5.32 Å². The highest BCUT2D eigenvalue weighted by molar-refractivity contribution is 9.10. The smallest absolute Gasteiger partial charge is 0.310 e. The molecular weight excluding hydrogens is 331 g/mol. The molecule has 1 nitrogen and oxygen atoms in total. The van der Waals surface area contributed by atoms with Crippen LogP contribution in [0, 0.1) is 5.92 Å². The van der Waals surface area contributed by atoms with Crippen molar-refractivity contribution in [3.63, 3.8) is 0 Å². The van der Waals surface area contributed by atoms with E-state index in [0.717, 1.165) is 19.4 Å². The first-order chi connectivity index (χ1) is 9.31. The van der Waals surface area contributed by atoms with Crippen molar-refractivity contribution in [1.29, 1.82) is 0 Å². The van der Waals surface area contributed by atoms with Crippen LogP contribution in [0.3, 0.4) is 0 Å². The van der Waals surface area contributed by atoms with E-state index >= 15 is 0 Å². The van der Waals surface area contributed by atoms with Crippen LogP contribution in [-0.2, 0) is 6.18 Å². The van der Waals surface area contributed by atoms with E-state index in [1.807, 2.05) is 6.92 Å². The lowest BCUT2D eigenvalue weighted by atomic mass is 9.90. The quantitative estimate of drug-likeness (QED) is 0.707. The highest BCUT2D eigenvalue weighted by Crippen LogP contribution is 2.37. The van der Waals surface area contributed by atoms with Crippen LogP contribution in [-0.4, -0.2) is 6.54 Å². The van der Waals surface area contributed by atoms with Crippen LogP contribution in [0.5, 0.6) is 0 Å². The second kappa shape index (κ2) is 7.46. The third-order valence-corrected chi connectivity index (χ3v) is 4.08. The summed E-state index contributed by atoms with van der Waals surface area (Å²) >= 11 is 2.98. The van der Waals surface area contributed by atoms with Crippen molar-refractivity contribution in [1.82, 2.24) is 5.32 Å². The number of halogens is 4. The van der Waals surface area contributed by atoms with E-state index in [0.29, 0.717) is 11.5 Å². The van der Waals surface area contributed by atoms with E-state index in [4.69, 9.17) is 0 Å². The second-order valence-electron chi connectivity index (χ2n) is 5.04. The van der Waals surface area contributed by atoms with Crippen molar-refractivity contribution in [3.8, 4) is 0 Å². The van der Waals surface area contributed by atoms with Gasteiger partial charge in [0.2, 0.25) is 0 Å². The zero-order valence-corrected chi connectivity index (χ0v) is 13.6. The average molecular weight is 352 g/mol. The molecule has 0 saturated carbocycles. The average Bonchev–Trinajstić information content (AvgIpc) is 2.35. The summed E-state index contributed by atoms with van der Waals surface area (Å²) in [6, 6.07) is 4.46. The van der Waals surface area contributed by atoms with Crippen molar-refractivity contribution in [2.45, 2.75) is 45.8 Å². The summed E-state index contributed by atoms with van der Waals surface area (Å²) in [5, 5.41) is 3.30. The molecule has 0 aromatic heterocycles. The molecule has 20 heavy (non-hydrogen) atoms. The van der Waals surface area contributed by atoms with Crippen LogP contribution in [0.25, 0.3) is 0 Å². The third-order valence-electron chi connectivity index (χ3n) is 3.39. The van der Waals surface area contributed by atoms with Crippen LogP contribution in [0.2, 0.25) is 0 Å². The molecule has 0 spiro atoms. The summed E-state index contributed by atoms with van der Waals surface area (Å²) in [4.78, 5) is 0. The first-order valence-corrected chi connectivity index (χ1v) is 7.70. The second-order valence-corrected chi connectivity index (χ2v) is 5.89. The predicted octanol–water partition coefficient (Wildman–Crippen LogP) is 5.55. The Morgan fingerprint density at radius 2 is 1.90 bits per heavy atom. The fourth-order valence-electron chi connectivity index (χ4n) is 2.44. The van der Waals surface area contributed by atoms with Crippen LogP contribution in [0.4, 0.5) is 13.2 Å². The highest BCUT2D eigenvalue weighted by atomic mass is 79.9. The molecule has 114 valence electrons. The van der Waals surface area contributed by atoms with Gasteiger partial charge in [-0.2, -0.15) is 13.2 Å². The first kappa shape index (κ1) is 17.5. The summed E-state index contributed by atoms with van der Waals surface area (Å²) in [5.41, 5.74) is 0.0879. The maximum atomic E-state index is 13.0. The monoisotopic (exact) mass is 351 g/mol. The molecule has 0 aliphatic rings. The van der Waals surface area contributed by atoms with E-state index in [1.54, 1.807) is 6.07 Å². The molecule has 0 saturated heterocycles. The van der Waals surface area contributed by atoms with Crippen molar-refractivity contribution in [2.24, 2.45) is 5.92 Å². The van der Waals surface area contributed by atoms with Gasteiger partial charge in [-0.25, -0.2) is 0 Å². The van der Waals surface area contributed by atoms with E-state index in [1.165, 1.54) is 12.1 Å². The Morgan fingerprint density at radius 3 is 2.40 bits per heavy atom. The Morgan fingerprint density at radius 1 is 1.25 bits per heavy atom. The minimum Gasteiger partial charge on any atom is -0.310 e. The van der Waals surface area contributed by atoms with Crippen molar-refractivity contribution in [3.05, 3.63) is 33.8 Å². The Hall–Kier alpha value is -0.550. The summed E-state index contributed by atoms with van der Waals surface area (Å²) < 4.78 is 39.0. The maximum absolute atomic E-state index is 13.0. The fraction of sp³-hybridized carbons (Fsp3) is 0.600. The Kier molecular flexibility index (Phi) is 6.52. The van der Waals surface area contributed by atoms with Crippen molar-refractivity contribution < 1.29 is 13.2 Å². The van der Waals surface area contributed by atoms with Gasteiger partial charge in [-0.05, 0) is 36.6 Å². The standard InChI is InChI=1S/C15H21BrF3N/c1-4-6-10(3)14(20-5-2)11-7-8-13(16)12(9-11)15(17,18)19/h7-10,14,20H,4-6H2,1-3H3. The molecule has 1 aromatic carbocycles. The number of hydrogen-bond donors (Lipinski definition) is 1. The Bertz CT molecular complexity index is 432. The predicted molar refractivity (Wildman–Crippen MR) is 79.6 cm³/mol. The molecule has 0 aliphatic heterocycles. The molecule has 0 amide bonds. The molecule has 1 N–H and O–H groups in total. The van der Waals surface area contributed by atoms with E-state index in [-0.39, 0.29) is 10.5 Å². The number of rotatable bonds is 6. The van der Waals surface area contributed by atoms with Crippen molar-refractivity contribution in [2.75, 3.05) is 6.54 Å². The number of nitrogens with one attached hydrogen (secondary N) is 1. The molecule has 0 heterocycles. The summed E-state index contributed by atoms with van der Waals surface area (Å²) in [6.45, 7) is 6.86. The van der Waals surface area contributed by atoms with Gasteiger partial charge in [0.05, 0.1) is 5.56 Å². The topological polar surface area (TPSA) is 12.0 Å². The molecule has 1 rings (SSSR count). The zero-order valence-electron chi connectivity index (χ0n) is 12.0. The summed E-state index contributed by atoms with van der Waals surface area (Å²) in [5.74, 6) is 0.294. The first-order valence-electron chi connectivity index (χ1n) is 6.91. The van der Waals surface area contributed by atoms with Gasteiger partial charge in [-0.1, -0.05) is 49.2 Å². The van der Waals surface area contributed by atoms with Crippen molar-refractivity contribution >= 4 is 15.9 Å². The molecule has 1 aromatic rings. The summed E-state index contributed by atoms with van der Waals surface area (Å²) in [6.07, 6.45) is -2.33. The molecule has 0 radical (unpaired) electrons. The lowest BCUT2D eigenvalue weighted by Gasteiger charge is -2.26. The Balaban J connectivity index is 3.14. The molecule has 2 unspecified atom stereocenters. The Labute approximate surface area is 127 Å². The lowest BCUT2D eigenvalue weighted by Crippen LogP contribution is -2.27. The van der Waals surface area contributed by atoms with E-state index in [2.05, 4.69) is 35.1 Å². The molecular formula is C15H21BrF3N. The molecule has 0 aliphatic carbocycles. The molecule has 0 bridgehead atoms. The van der Waals surface area contributed by atoms with Gasteiger partial charge >= 0.3 is 6.18 Å². The van der Waals surface area contributed by atoms with Gasteiger partial charge in [0.15, 0.2) is 0 Å². The highest BCUT2D eigenvalue weighted by Gasteiger charge is 2.34. The molecule has 2 atom stereocenters. The third kappa shape index (κ3) is 4.48. The van der Waals surface area contributed by atoms with Crippen LogP contribution in [0.1, 0.15) is 50.8 Å². The van der Waals surface area contributed by atoms with Crippen LogP contribution in [0.15, 0.2) is 22.7 Å². The van der Waals surface area contributed by atoms with Gasteiger partial charge in [0.25, 0.3) is 0 Å². The SMILES string of the molecule is CCCC(C)C(NCC)c1ccc(Br)c(C(F)(F)F)c1. The van der Waals surface area contributed by atoms with Gasteiger partial charge in [-0.15, -0.1) is 0 Å². The number of alkyl halides is 3. The minimum absolute atomic E-state index is 0.0471. The number of hydrogen-bond acceptors (Lipinski definition) is 1.